The highest BCUT2D eigenvalue weighted by Crippen LogP contribution is 2.19. The van der Waals surface area contributed by atoms with Crippen LogP contribution in [0.15, 0.2) is 24.3 Å². The second-order valence-corrected chi connectivity index (χ2v) is 5.60. The van der Waals surface area contributed by atoms with Gasteiger partial charge in [-0.3, -0.25) is 4.31 Å². The zero-order chi connectivity index (χ0) is 11.5. The molecule has 2 N–H and O–H groups in total. The van der Waals surface area contributed by atoms with Gasteiger partial charge in [-0.05, 0) is 24.3 Å². The lowest BCUT2D eigenvalue weighted by molar-refractivity contribution is 0.594. The standard InChI is InChI=1S/C9H13ClN2O2S/c1-12(15(13,14)7-6-11)9-4-2-8(10)3-5-9/h2-5H,6-7,11H2,1H3. The van der Waals surface area contributed by atoms with Crippen molar-refractivity contribution < 1.29 is 8.42 Å². The highest BCUT2D eigenvalue weighted by molar-refractivity contribution is 7.92. The van der Waals surface area contributed by atoms with Gasteiger partial charge in [0.1, 0.15) is 0 Å². The minimum absolute atomic E-state index is 0.0634. The van der Waals surface area contributed by atoms with Gasteiger partial charge in [-0.25, -0.2) is 8.42 Å². The monoisotopic (exact) mass is 248 g/mol. The molecule has 0 fully saturated rings. The summed E-state index contributed by atoms with van der Waals surface area (Å²) in [5.74, 6) is -0.0634. The molecule has 0 saturated carbocycles. The Morgan fingerprint density at radius 1 is 1.33 bits per heavy atom. The molecule has 84 valence electrons. The number of rotatable bonds is 4. The fourth-order valence-electron chi connectivity index (χ4n) is 1.10. The van der Waals surface area contributed by atoms with Gasteiger partial charge < -0.3 is 5.73 Å². The molecule has 0 amide bonds. The largest absolute Gasteiger partial charge is 0.329 e. The third-order valence-corrected chi connectivity index (χ3v) is 4.03. The average molecular weight is 249 g/mol. The Labute approximate surface area is 94.7 Å². The smallest absolute Gasteiger partial charge is 0.236 e. The van der Waals surface area contributed by atoms with E-state index in [9.17, 15) is 8.42 Å². The molecule has 0 unspecified atom stereocenters. The van der Waals surface area contributed by atoms with Crippen LogP contribution in [0.3, 0.4) is 0 Å². The lowest BCUT2D eigenvalue weighted by Gasteiger charge is -2.18. The molecule has 0 aromatic heterocycles. The Balaban J connectivity index is 2.94. The van der Waals surface area contributed by atoms with E-state index in [1.807, 2.05) is 0 Å². The van der Waals surface area contributed by atoms with E-state index in [1.54, 1.807) is 24.3 Å². The molecule has 0 atom stereocenters. The molecule has 0 heterocycles. The maximum absolute atomic E-state index is 11.6. The van der Waals surface area contributed by atoms with Gasteiger partial charge in [-0.1, -0.05) is 11.6 Å². The zero-order valence-electron chi connectivity index (χ0n) is 8.35. The second kappa shape index (κ2) is 4.83. The summed E-state index contributed by atoms with van der Waals surface area (Å²) in [6.45, 7) is 0.111. The van der Waals surface area contributed by atoms with Gasteiger partial charge in [0.25, 0.3) is 0 Å². The van der Waals surface area contributed by atoms with Crippen molar-refractivity contribution in [3.05, 3.63) is 29.3 Å². The first-order valence-electron chi connectivity index (χ1n) is 4.39. The molecule has 4 nitrogen and oxygen atoms in total. The lowest BCUT2D eigenvalue weighted by Crippen LogP contribution is -2.31. The lowest BCUT2D eigenvalue weighted by atomic mass is 10.3. The minimum atomic E-state index is -3.31. The molecule has 0 bridgehead atoms. The number of hydrogen-bond acceptors (Lipinski definition) is 3. The van der Waals surface area contributed by atoms with Gasteiger partial charge in [0, 0.05) is 18.6 Å². The Morgan fingerprint density at radius 3 is 2.33 bits per heavy atom. The van der Waals surface area contributed by atoms with Crippen LogP contribution in [-0.4, -0.2) is 27.8 Å². The van der Waals surface area contributed by atoms with E-state index in [-0.39, 0.29) is 12.3 Å². The Hall–Kier alpha value is -0.780. The van der Waals surface area contributed by atoms with Crippen molar-refractivity contribution in [1.82, 2.24) is 0 Å². The molecule has 0 aliphatic heterocycles. The van der Waals surface area contributed by atoms with E-state index in [4.69, 9.17) is 17.3 Å². The van der Waals surface area contributed by atoms with Crippen LogP contribution < -0.4 is 10.0 Å². The predicted octanol–water partition coefficient (Wildman–Crippen LogP) is 1.06. The van der Waals surface area contributed by atoms with Crippen molar-refractivity contribution in [2.75, 3.05) is 23.7 Å². The summed E-state index contributed by atoms with van der Waals surface area (Å²) in [5, 5.41) is 0.573. The summed E-state index contributed by atoms with van der Waals surface area (Å²) >= 11 is 5.70. The molecular formula is C9H13ClN2O2S. The topological polar surface area (TPSA) is 63.4 Å². The van der Waals surface area contributed by atoms with Crippen molar-refractivity contribution in [3.8, 4) is 0 Å². The van der Waals surface area contributed by atoms with Crippen molar-refractivity contribution in [2.45, 2.75) is 0 Å². The van der Waals surface area contributed by atoms with Gasteiger partial charge in [0.2, 0.25) is 10.0 Å². The number of nitrogens with zero attached hydrogens (tertiary/aromatic N) is 1. The number of sulfonamides is 1. The Morgan fingerprint density at radius 2 is 1.87 bits per heavy atom. The summed E-state index contributed by atoms with van der Waals surface area (Å²) in [4.78, 5) is 0. The molecule has 0 saturated heterocycles. The fraction of sp³-hybridized carbons (Fsp3) is 0.333. The van der Waals surface area contributed by atoms with E-state index in [0.29, 0.717) is 10.7 Å². The molecular weight excluding hydrogens is 236 g/mol. The average Bonchev–Trinajstić information content (AvgIpc) is 2.18. The second-order valence-electron chi connectivity index (χ2n) is 3.05. The first kappa shape index (κ1) is 12.3. The molecule has 15 heavy (non-hydrogen) atoms. The SMILES string of the molecule is CN(c1ccc(Cl)cc1)S(=O)(=O)CCN. The number of nitrogens with two attached hydrogens (primary N) is 1. The Kier molecular flexibility index (Phi) is 3.96. The molecule has 1 aromatic rings. The number of hydrogen-bond donors (Lipinski definition) is 1. The van der Waals surface area contributed by atoms with Crippen LogP contribution in [0.1, 0.15) is 0 Å². The first-order chi connectivity index (χ1) is 6.97. The van der Waals surface area contributed by atoms with E-state index in [2.05, 4.69) is 0 Å². The maximum Gasteiger partial charge on any atom is 0.236 e. The van der Waals surface area contributed by atoms with Gasteiger partial charge in [-0.15, -0.1) is 0 Å². The van der Waals surface area contributed by atoms with Crippen molar-refractivity contribution in [1.29, 1.82) is 0 Å². The van der Waals surface area contributed by atoms with Gasteiger partial charge >= 0.3 is 0 Å². The van der Waals surface area contributed by atoms with Crippen molar-refractivity contribution in [3.63, 3.8) is 0 Å². The van der Waals surface area contributed by atoms with Gasteiger partial charge in [0.05, 0.1) is 11.4 Å². The third-order valence-electron chi connectivity index (χ3n) is 1.98. The van der Waals surface area contributed by atoms with Crippen LogP contribution in [0.5, 0.6) is 0 Å². The van der Waals surface area contributed by atoms with Crippen LogP contribution in [0.4, 0.5) is 5.69 Å². The van der Waals surface area contributed by atoms with Gasteiger partial charge in [0.15, 0.2) is 0 Å². The summed E-state index contributed by atoms with van der Waals surface area (Å²) < 4.78 is 24.5. The number of benzene rings is 1. The molecule has 6 heteroatoms. The predicted molar refractivity (Wildman–Crippen MR) is 62.7 cm³/mol. The molecule has 1 aromatic carbocycles. The number of halogens is 1. The van der Waals surface area contributed by atoms with E-state index in [0.717, 1.165) is 0 Å². The van der Waals surface area contributed by atoms with Crippen LogP contribution >= 0.6 is 11.6 Å². The van der Waals surface area contributed by atoms with Gasteiger partial charge in [-0.2, -0.15) is 0 Å². The normalized spacial score (nSPS) is 11.4. The molecule has 0 radical (unpaired) electrons. The van der Waals surface area contributed by atoms with Crippen LogP contribution in [-0.2, 0) is 10.0 Å². The maximum atomic E-state index is 11.6. The van der Waals surface area contributed by atoms with E-state index in [1.165, 1.54) is 11.4 Å². The summed E-state index contributed by atoms with van der Waals surface area (Å²) in [6, 6.07) is 6.59. The zero-order valence-corrected chi connectivity index (χ0v) is 9.92. The third kappa shape index (κ3) is 3.09. The van der Waals surface area contributed by atoms with E-state index < -0.39 is 10.0 Å². The highest BCUT2D eigenvalue weighted by atomic mass is 35.5. The number of anilines is 1. The van der Waals surface area contributed by atoms with Crippen LogP contribution in [0.25, 0.3) is 0 Å². The Bertz CT molecular complexity index is 416. The van der Waals surface area contributed by atoms with E-state index >= 15 is 0 Å². The molecule has 0 aliphatic carbocycles. The summed E-state index contributed by atoms with van der Waals surface area (Å²) in [7, 11) is -1.82. The molecule has 0 aliphatic rings. The summed E-state index contributed by atoms with van der Waals surface area (Å²) in [6.07, 6.45) is 0. The van der Waals surface area contributed by atoms with Crippen LogP contribution in [0, 0.1) is 0 Å². The minimum Gasteiger partial charge on any atom is -0.329 e. The fourth-order valence-corrected chi connectivity index (χ4v) is 2.24. The highest BCUT2D eigenvalue weighted by Gasteiger charge is 2.16. The quantitative estimate of drug-likeness (QED) is 0.867. The van der Waals surface area contributed by atoms with Crippen molar-refractivity contribution in [2.24, 2.45) is 5.73 Å². The molecule has 0 spiro atoms. The van der Waals surface area contributed by atoms with Crippen LogP contribution in [0.2, 0.25) is 5.02 Å². The summed E-state index contributed by atoms with van der Waals surface area (Å²) in [5.41, 5.74) is 5.80. The first-order valence-corrected chi connectivity index (χ1v) is 6.38. The van der Waals surface area contributed by atoms with Crippen molar-refractivity contribution >= 4 is 27.3 Å². The molecule has 1 rings (SSSR count).